The van der Waals surface area contributed by atoms with Gasteiger partial charge in [-0.1, -0.05) is 48.6 Å². The van der Waals surface area contributed by atoms with Gasteiger partial charge in [0.25, 0.3) is 30.3 Å². The van der Waals surface area contributed by atoms with Gasteiger partial charge in [0, 0.05) is 5.69 Å². The van der Waals surface area contributed by atoms with Crippen molar-refractivity contribution in [3.63, 3.8) is 0 Å². The summed E-state index contributed by atoms with van der Waals surface area (Å²) in [5.74, 6) is -0.672. The Morgan fingerprint density at radius 3 is 2.10 bits per heavy atom. The van der Waals surface area contributed by atoms with Gasteiger partial charge >= 0.3 is 0 Å². The van der Waals surface area contributed by atoms with Gasteiger partial charge in [0.1, 0.15) is 16.1 Å². The van der Waals surface area contributed by atoms with Crippen molar-refractivity contribution < 1.29 is 34.4 Å². The second-order valence-electron chi connectivity index (χ2n) is 7.98. The summed E-state index contributed by atoms with van der Waals surface area (Å²) >= 11 is 0. The quantitative estimate of drug-likeness (QED) is 0.105. The first-order valence-electron chi connectivity index (χ1n) is 10.9. The van der Waals surface area contributed by atoms with Crippen molar-refractivity contribution in [3.8, 4) is 0 Å². The van der Waals surface area contributed by atoms with Gasteiger partial charge in [0.05, 0.1) is 10.6 Å². The molecule has 1 aromatic heterocycles. The van der Waals surface area contributed by atoms with Crippen molar-refractivity contribution in [2.45, 2.75) is 14.7 Å². The number of hydrogen-bond donors (Lipinski definition) is 5. The minimum Gasteiger partial charge on any atom is -0.399 e. The molecule has 3 aromatic carbocycles. The van der Waals surface area contributed by atoms with Gasteiger partial charge in [0.15, 0.2) is 0 Å². The van der Waals surface area contributed by atoms with E-state index < -0.39 is 46.0 Å². The van der Waals surface area contributed by atoms with E-state index in [1.807, 2.05) is 0 Å². The van der Waals surface area contributed by atoms with Crippen LogP contribution < -0.4 is 15.8 Å². The van der Waals surface area contributed by atoms with Gasteiger partial charge in [-0.25, -0.2) is 23.1 Å². The van der Waals surface area contributed by atoms with Gasteiger partial charge in [0.2, 0.25) is 11.9 Å². The van der Waals surface area contributed by atoms with Crippen molar-refractivity contribution >= 4 is 65.7 Å². The Balaban J connectivity index is 1.68. The van der Waals surface area contributed by atoms with Gasteiger partial charge < -0.3 is 11.1 Å². The molecule has 4 rings (SSSR count). The Kier molecular flexibility index (Phi) is 7.85. The lowest BCUT2D eigenvalue weighted by atomic mass is 10.1. The zero-order chi connectivity index (χ0) is 29.1. The molecule has 0 radical (unpaired) electrons. The van der Waals surface area contributed by atoms with E-state index in [2.05, 4.69) is 25.0 Å². The van der Waals surface area contributed by atoms with E-state index in [4.69, 9.17) is 5.73 Å². The maximum atomic E-state index is 12.7. The first-order valence-corrected chi connectivity index (χ1v) is 15.3. The fraction of sp³-hybridized carbons (Fsp3) is 0. The number of benzene rings is 3. The summed E-state index contributed by atoms with van der Waals surface area (Å²) in [5.41, 5.74) is 5.66. The summed E-state index contributed by atoms with van der Waals surface area (Å²) in [6, 6.07) is 15.0. The molecule has 0 saturated heterocycles. The maximum absolute atomic E-state index is 12.7. The number of nitrogens with one attached hydrogen (secondary N) is 2. The number of rotatable bonds is 9. The Morgan fingerprint density at radius 1 is 0.750 bits per heavy atom. The van der Waals surface area contributed by atoms with Gasteiger partial charge in [-0.2, -0.15) is 21.8 Å². The van der Waals surface area contributed by atoms with Crippen molar-refractivity contribution in [2.75, 3.05) is 15.8 Å². The molecule has 208 valence electrons. The fourth-order valence-corrected chi connectivity index (χ4v) is 6.01. The summed E-state index contributed by atoms with van der Waals surface area (Å²) in [5, 5.41) is 2.60. The third kappa shape index (κ3) is 6.77. The summed E-state index contributed by atoms with van der Waals surface area (Å²) in [6.45, 7) is 0. The Bertz CT molecular complexity index is 1950. The van der Waals surface area contributed by atoms with Crippen LogP contribution in [0.1, 0.15) is 11.1 Å². The maximum Gasteiger partial charge on any atom is 0.297 e. The number of sulfonamides is 1. The summed E-state index contributed by atoms with van der Waals surface area (Å²) in [4.78, 5) is 10.4. The first-order chi connectivity index (χ1) is 18.7. The van der Waals surface area contributed by atoms with Crippen LogP contribution in [-0.4, -0.2) is 49.3 Å². The lowest BCUT2D eigenvalue weighted by molar-refractivity contribution is 0.481. The number of nitrogen functional groups attached to an aromatic ring is 1. The van der Waals surface area contributed by atoms with Crippen molar-refractivity contribution in [1.29, 1.82) is 0 Å². The molecule has 0 fully saturated rings. The van der Waals surface area contributed by atoms with Crippen LogP contribution in [0.3, 0.4) is 0 Å². The highest BCUT2D eigenvalue weighted by Gasteiger charge is 2.21. The van der Waals surface area contributed by atoms with Crippen molar-refractivity contribution in [2.24, 2.45) is 0 Å². The van der Waals surface area contributed by atoms with Crippen LogP contribution in [0.2, 0.25) is 0 Å². The number of aromatic nitrogens is 3. The molecule has 0 atom stereocenters. The van der Waals surface area contributed by atoms with Gasteiger partial charge in [-0.3, -0.25) is 9.11 Å². The monoisotopic (exact) mass is 604 g/mol. The van der Waals surface area contributed by atoms with E-state index in [0.29, 0.717) is 0 Å². The van der Waals surface area contributed by atoms with Crippen molar-refractivity contribution in [1.82, 2.24) is 15.0 Å². The molecule has 6 N–H and O–H groups in total. The predicted molar refractivity (Wildman–Crippen MR) is 146 cm³/mol. The largest absolute Gasteiger partial charge is 0.399 e. The minimum absolute atomic E-state index is 0.0548. The van der Waals surface area contributed by atoms with Crippen LogP contribution in [0, 0.1) is 0 Å². The van der Waals surface area contributed by atoms with E-state index in [0.717, 1.165) is 12.4 Å². The lowest BCUT2D eigenvalue weighted by Crippen LogP contribution is -2.16. The molecule has 0 spiro atoms. The molecule has 17 heteroatoms. The van der Waals surface area contributed by atoms with E-state index >= 15 is 0 Å². The molecular formula is C23H20N6O8S3. The molecule has 1 heterocycles. The van der Waals surface area contributed by atoms with Crippen LogP contribution >= 0.6 is 0 Å². The fourth-order valence-electron chi connectivity index (χ4n) is 3.49. The normalized spacial score (nSPS) is 12.3. The third-order valence-electron chi connectivity index (χ3n) is 5.16. The second-order valence-corrected chi connectivity index (χ2v) is 12.4. The highest BCUT2D eigenvalue weighted by Crippen LogP contribution is 2.29. The molecule has 0 aliphatic carbocycles. The highest BCUT2D eigenvalue weighted by atomic mass is 32.2. The highest BCUT2D eigenvalue weighted by molar-refractivity contribution is 7.92. The van der Waals surface area contributed by atoms with Crippen LogP contribution in [0.4, 0.5) is 23.3 Å². The number of nitrogens with two attached hydrogens (primary N) is 1. The number of nitrogens with zero attached hydrogens (tertiary/aromatic N) is 3. The average Bonchev–Trinajstić information content (AvgIpc) is 2.86. The first kappa shape index (κ1) is 28.6. The van der Waals surface area contributed by atoms with Crippen LogP contribution in [0.15, 0.2) is 87.7 Å². The Hall–Kier alpha value is -4.42. The van der Waals surface area contributed by atoms with Crippen LogP contribution in [-0.2, 0) is 30.3 Å². The summed E-state index contributed by atoms with van der Waals surface area (Å²) in [7, 11) is -13.6. The van der Waals surface area contributed by atoms with Crippen molar-refractivity contribution in [3.05, 3.63) is 84.2 Å². The van der Waals surface area contributed by atoms with Gasteiger partial charge in [-0.05, 0) is 41.5 Å². The smallest absolute Gasteiger partial charge is 0.297 e. The zero-order valence-electron chi connectivity index (χ0n) is 20.1. The topological polar surface area (TPSA) is 232 Å². The van der Waals surface area contributed by atoms with Crippen LogP contribution in [0.5, 0.6) is 0 Å². The molecule has 0 aliphatic rings. The number of hydrogen-bond acceptors (Lipinski definition) is 11. The molecule has 0 bridgehead atoms. The molecule has 4 aromatic rings. The minimum atomic E-state index is -4.88. The molecule has 0 amide bonds. The predicted octanol–water partition coefficient (Wildman–Crippen LogP) is 2.66. The molecule has 0 unspecified atom stereocenters. The Labute approximate surface area is 229 Å². The summed E-state index contributed by atoms with van der Waals surface area (Å²) in [6.07, 6.45) is 3.43. The van der Waals surface area contributed by atoms with E-state index in [-0.39, 0.29) is 33.3 Å². The van der Waals surface area contributed by atoms with Crippen LogP contribution in [0.25, 0.3) is 12.2 Å². The SMILES string of the molecule is Nc1cccc(S(=O)(=O)Nc2ncnc(Nc3cccc(/C=C/c4ccccc4S(=O)(=O)O)c3S(=O)(=O)O)n2)c1. The standard InChI is InChI=1S/C23H20N6O8S3/c24-17-7-4-8-18(13-17)38(30,31)29-23-26-14-25-22(28-23)27-19-9-3-6-16(21(19)40(35,36)37)12-11-15-5-1-2-10-20(15)39(32,33)34/h1-14H,24H2,(H,32,33,34)(H,35,36,37)(H2,25,26,27,28,29)/b12-11+. The van der Waals surface area contributed by atoms with E-state index in [1.165, 1.54) is 72.8 Å². The summed E-state index contributed by atoms with van der Waals surface area (Å²) < 4.78 is 94.9. The Morgan fingerprint density at radius 2 is 1.40 bits per heavy atom. The third-order valence-corrected chi connectivity index (χ3v) is 8.38. The number of anilines is 4. The zero-order valence-corrected chi connectivity index (χ0v) is 22.5. The lowest BCUT2D eigenvalue weighted by Gasteiger charge is -2.12. The molecule has 14 nitrogen and oxygen atoms in total. The average molecular weight is 605 g/mol. The molecule has 0 aliphatic heterocycles. The molecule has 0 saturated carbocycles. The van der Waals surface area contributed by atoms with E-state index in [9.17, 15) is 34.4 Å². The second kappa shape index (κ2) is 11.0. The molecular weight excluding hydrogens is 584 g/mol. The molecule has 40 heavy (non-hydrogen) atoms. The van der Waals surface area contributed by atoms with E-state index in [1.54, 1.807) is 0 Å². The van der Waals surface area contributed by atoms with Gasteiger partial charge in [-0.15, -0.1) is 0 Å².